The second-order valence-corrected chi connectivity index (χ2v) is 20.0. The lowest BCUT2D eigenvalue weighted by Crippen LogP contribution is -2.61. The van der Waals surface area contributed by atoms with Gasteiger partial charge in [-0.1, -0.05) is 50.3 Å². The maximum absolute atomic E-state index is 14.4. The summed E-state index contributed by atoms with van der Waals surface area (Å²) >= 11 is 0. The average Bonchev–Trinajstić information content (AvgIpc) is 3.33. The summed E-state index contributed by atoms with van der Waals surface area (Å²) in [6, 6.07) is -1.21. The topological polar surface area (TPSA) is 203 Å². The predicted molar refractivity (Wildman–Crippen MR) is 256 cm³/mol. The number of cyclic esters (lactones) is 1. The number of fused-ring (bicyclic) bond motifs is 3. The fraction of sp³-hybridized carbons (Fsp3) is 0.755. The molecule has 5 rings (SSSR count). The second-order valence-electron chi connectivity index (χ2n) is 20.0. The van der Waals surface area contributed by atoms with Crippen LogP contribution in [0.1, 0.15) is 124 Å². The zero-order chi connectivity index (χ0) is 51.7. The molecule has 0 aromatic rings. The van der Waals surface area contributed by atoms with Crippen molar-refractivity contribution in [2.45, 2.75) is 191 Å². The van der Waals surface area contributed by atoms with Crippen LogP contribution >= 0.6 is 0 Å². The maximum Gasteiger partial charge on any atom is 0.345 e. The van der Waals surface area contributed by atoms with Crippen LogP contribution in [0.4, 0.5) is 8.78 Å². The van der Waals surface area contributed by atoms with Crippen LogP contribution in [0.2, 0.25) is 0 Å². The van der Waals surface area contributed by atoms with E-state index < -0.39 is 90.7 Å². The number of nitrogens with zero attached hydrogens (tertiary/aromatic N) is 1. The Morgan fingerprint density at radius 1 is 0.887 bits per heavy atom. The molecule has 1 saturated carbocycles. The van der Waals surface area contributed by atoms with Crippen molar-refractivity contribution in [3.05, 3.63) is 47.6 Å². The summed E-state index contributed by atoms with van der Waals surface area (Å²) in [5.41, 5.74) is 1.19. The van der Waals surface area contributed by atoms with E-state index in [0.29, 0.717) is 89.6 Å². The van der Waals surface area contributed by atoms with Crippen molar-refractivity contribution in [3.63, 3.8) is 0 Å². The van der Waals surface area contributed by atoms with Crippen LogP contribution in [0, 0.1) is 17.8 Å². The molecule has 4 aliphatic heterocycles. The number of carbonyl (C=O) groups excluding carboxylic acids is 5. The number of methoxy groups -OCH3 is 2. The molecule has 16 nitrogen and oxygen atoms in total. The third-order valence-electron chi connectivity index (χ3n) is 14.8. The predicted octanol–water partition coefficient (Wildman–Crippen LogP) is 6.48. The molecule has 1 aliphatic carbocycles. The van der Waals surface area contributed by atoms with Crippen LogP contribution in [0.5, 0.6) is 0 Å². The van der Waals surface area contributed by atoms with E-state index in [4.69, 9.17) is 37.9 Å². The summed E-state index contributed by atoms with van der Waals surface area (Å²) in [5, 5.41) is 23.3. The van der Waals surface area contributed by atoms with Gasteiger partial charge in [-0.2, -0.15) is 8.78 Å². The van der Waals surface area contributed by atoms with E-state index in [0.717, 1.165) is 10.5 Å². The van der Waals surface area contributed by atoms with Gasteiger partial charge in [0.1, 0.15) is 36.2 Å². The third kappa shape index (κ3) is 17.0. The Morgan fingerprint density at radius 3 is 2.35 bits per heavy atom. The number of ether oxygens (including phenoxy) is 8. The number of amides is 1. The van der Waals surface area contributed by atoms with E-state index in [-0.39, 0.29) is 68.8 Å². The minimum Gasteiger partial charge on any atom is -0.460 e. The molecule has 2 bridgehead atoms. The summed E-state index contributed by atoms with van der Waals surface area (Å²) < 4.78 is 72.0. The van der Waals surface area contributed by atoms with Crippen molar-refractivity contribution in [1.29, 1.82) is 0 Å². The van der Waals surface area contributed by atoms with Gasteiger partial charge in [-0.05, 0) is 107 Å². The lowest BCUT2D eigenvalue weighted by Gasteiger charge is -2.43. The molecule has 1 amide bonds. The van der Waals surface area contributed by atoms with E-state index >= 15 is 0 Å². The molecule has 4 heterocycles. The Bertz CT molecular complexity index is 1890. The molecule has 0 aromatic carbocycles. The number of piperidine rings is 1. The highest BCUT2D eigenvalue weighted by molar-refractivity contribution is 6.39. The number of allylic oxidation sites excluding steroid dienone is 6. The number of rotatable bonds is 12. The third-order valence-corrected chi connectivity index (χ3v) is 14.8. The monoisotopic (exact) mass is 1010 g/mol. The van der Waals surface area contributed by atoms with Gasteiger partial charge in [0, 0.05) is 52.4 Å². The number of alkyl halides is 2. The summed E-state index contributed by atoms with van der Waals surface area (Å²) in [6.45, 7) is 5.69. The number of aliphatic hydroxyl groups excluding tert-OH is 1. The first-order valence-electron chi connectivity index (χ1n) is 25.6. The summed E-state index contributed by atoms with van der Waals surface area (Å²) in [7, 11) is 2.78. The van der Waals surface area contributed by atoms with Gasteiger partial charge in [-0.25, -0.2) is 4.79 Å². The summed E-state index contributed by atoms with van der Waals surface area (Å²) in [4.78, 5) is 71.3. The Balaban J connectivity index is 1.41. The summed E-state index contributed by atoms with van der Waals surface area (Å²) in [5.74, 6) is -7.46. The first-order chi connectivity index (χ1) is 33.9. The van der Waals surface area contributed by atoms with Crippen molar-refractivity contribution >= 4 is 29.2 Å². The first-order valence-corrected chi connectivity index (χ1v) is 25.6. The molecule has 5 aliphatic rings. The molecule has 71 heavy (non-hydrogen) atoms. The smallest absolute Gasteiger partial charge is 0.345 e. The minimum atomic E-state index is -2.95. The molecule has 18 heteroatoms. The van der Waals surface area contributed by atoms with Crippen molar-refractivity contribution in [1.82, 2.24) is 4.90 Å². The number of aliphatic hydroxyl groups is 2. The number of hydrogen-bond donors (Lipinski definition) is 2. The van der Waals surface area contributed by atoms with Gasteiger partial charge >= 0.3 is 12.6 Å². The zero-order valence-corrected chi connectivity index (χ0v) is 42.5. The number of Topliss-reactive ketones (excluding diaryl/α,β-unsaturated/α-hetero) is 3. The lowest BCUT2D eigenvalue weighted by atomic mass is 9.78. The van der Waals surface area contributed by atoms with Gasteiger partial charge in [0.15, 0.2) is 5.78 Å². The minimum absolute atomic E-state index is 0.00875. The number of hydrogen-bond acceptors (Lipinski definition) is 15. The van der Waals surface area contributed by atoms with Crippen LogP contribution in [0.3, 0.4) is 0 Å². The largest absolute Gasteiger partial charge is 0.460 e. The lowest BCUT2D eigenvalue weighted by molar-refractivity contribution is -0.266. The molecule has 0 radical (unpaired) electrons. The van der Waals surface area contributed by atoms with E-state index in [1.807, 2.05) is 44.2 Å². The number of ketones is 3. The average molecular weight is 1010 g/mol. The molecule has 0 aromatic heterocycles. The van der Waals surface area contributed by atoms with E-state index in [1.165, 1.54) is 20.3 Å². The van der Waals surface area contributed by atoms with Gasteiger partial charge in [-0.15, -0.1) is 0 Å². The van der Waals surface area contributed by atoms with Crippen LogP contribution < -0.4 is 0 Å². The number of halogens is 2. The Hall–Kier alpha value is -3.59. The highest BCUT2D eigenvalue weighted by Gasteiger charge is 2.53. The molecule has 3 saturated heterocycles. The Labute approximate surface area is 417 Å². The van der Waals surface area contributed by atoms with E-state index in [9.17, 15) is 43.0 Å². The molecule has 400 valence electrons. The zero-order valence-electron chi connectivity index (χ0n) is 42.5. The number of carbonyl (C=O) groups is 5. The maximum atomic E-state index is 14.4. The van der Waals surface area contributed by atoms with Crippen molar-refractivity contribution in [2.24, 2.45) is 17.8 Å². The molecule has 12 atom stereocenters. The van der Waals surface area contributed by atoms with Gasteiger partial charge in [0.2, 0.25) is 5.79 Å². The highest BCUT2D eigenvalue weighted by Crippen LogP contribution is 2.38. The highest BCUT2D eigenvalue weighted by atomic mass is 19.3. The van der Waals surface area contributed by atoms with Gasteiger partial charge in [0.05, 0.1) is 50.8 Å². The molecule has 4 fully saturated rings. The van der Waals surface area contributed by atoms with Crippen LogP contribution in [0.15, 0.2) is 47.6 Å². The fourth-order valence-corrected chi connectivity index (χ4v) is 10.2. The molecular formula is C53H79F2NO15. The standard InChI is InChI=1S/C53H79F2NO15/c1-33-15-11-9-7-8-10-12-17-42(58)48(65-6)47(59)34(2)18-21-38(57)29-45(35(3)27-37-20-23-43(70-52(54)55)46(28-37)64-5)69-51(62)41-16-13-14-24-56(41)50(61)49(60)53(63)36(4)19-22-39(71-53)30-44(33)68-26-25-67-40-31-66-32-40/h7-9,11,15,18,35-37,39-41,43-48,52,59,63H,10,12-14,16-17,19-32H2,1-6H3/b8-7+,11-9+,33-15+,34-18+/t35-,36-,37+,39+,41+,43-,44?,45+,46-,47-,48+,53-/m1/s1. The van der Waals surface area contributed by atoms with Crippen molar-refractivity contribution in [2.75, 3.05) is 47.2 Å². The summed E-state index contributed by atoms with van der Waals surface area (Å²) in [6.07, 6.45) is 9.62. The van der Waals surface area contributed by atoms with Crippen molar-refractivity contribution < 1.29 is 80.9 Å². The Morgan fingerprint density at radius 2 is 1.65 bits per heavy atom. The Kier molecular flexibility index (Phi) is 23.6. The molecule has 2 N–H and O–H groups in total. The second kappa shape index (κ2) is 28.8. The van der Waals surface area contributed by atoms with E-state index in [2.05, 4.69) is 0 Å². The van der Waals surface area contributed by atoms with Gasteiger partial charge < -0.3 is 53.0 Å². The van der Waals surface area contributed by atoms with Gasteiger partial charge in [0.25, 0.3) is 11.7 Å². The normalized spacial score (nSPS) is 36.2. The molecule has 1 unspecified atom stereocenters. The fourth-order valence-electron chi connectivity index (χ4n) is 10.2. The van der Waals surface area contributed by atoms with Crippen molar-refractivity contribution in [3.8, 4) is 0 Å². The first kappa shape index (κ1) is 58.3. The number of esters is 1. The van der Waals surface area contributed by atoms with Crippen LogP contribution in [-0.2, 0) is 61.9 Å². The van der Waals surface area contributed by atoms with Crippen LogP contribution in [-0.4, -0.2) is 159 Å². The molecular weight excluding hydrogens is 929 g/mol. The van der Waals surface area contributed by atoms with E-state index in [1.54, 1.807) is 13.8 Å². The molecule has 0 spiro atoms. The SMILES string of the molecule is CO[C@@H]1C[C@H](C[C@@H](C)[C@@H]2CC(=O)C/C=C(\C)[C@@H](O)[C@@H](OC)C(=O)CCC/C=C/C=C/C=C(\C)C(OCCOC3COC3)C[C@@H]3CC[C@@H](C)[C@@](O)(O3)C(=O)C(=O)N3CCCC[C@H]3C(=O)O2)CC[C@H]1OC(F)F. The van der Waals surface area contributed by atoms with Gasteiger partial charge in [-0.3, -0.25) is 19.2 Å². The van der Waals surface area contributed by atoms with Crippen LogP contribution in [0.25, 0.3) is 0 Å². The quantitative estimate of drug-likeness (QED) is 0.0931.